The van der Waals surface area contributed by atoms with Gasteiger partial charge in [0.25, 0.3) is 0 Å². The summed E-state index contributed by atoms with van der Waals surface area (Å²) in [7, 11) is 0. The van der Waals surface area contributed by atoms with Crippen LogP contribution < -0.4 is 5.73 Å². The summed E-state index contributed by atoms with van der Waals surface area (Å²) in [5, 5.41) is 0. The third kappa shape index (κ3) is 5.04. The van der Waals surface area contributed by atoms with Crippen LogP contribution in [0.5, 0.6) is 0 Å². The van der Waals surface area contributed by atoms with Gasteiger partial charge in [-0.15, -0.1) is 0 Å². The van der Waals surface area contributed by atoms with Crippen LogP contribution in [0.15, 0.2) is 30.3 Å². The highest BCUT2D eigenvalue weighted by Crippen LogP contribution is 2.30. The molecule has 2 N–H and O–H groups in total. The summed E-state index contributed by atoms with van der Waals surface area (Å²) in [4.78, 5) is 14.4. The average molecular weight is 306 g/mol. The Bertz CT molecular complexity index is 461. The summed E-state index contributed by atoms with van der Waals surface area (Å²) >= 11 is 1.95. The molecule has 1 aromatic rings. The maximum atomic E-state index is 12.5. The van der Waals surface area contributed by atoms with Crippen LogP contribution in [0, 0.1) is 0 Å². The van der Waals surface area contributed by atoms with Gasteiger partial charge in [-0.3, -0.25) is 4.79 Å². The highest BCUT2D eigenvalue weighted by Gasteiger charge is 2.28. The first-order valence-electron chi connectivity index (χ1n) is 7.70. The lowest BCUT2D eigenvalue weighted by molar-refractivity contribution is -0.132. The lowest BCUT2D eigenvalue weighted by atomic mass is 10.0. The first kappa shape index (κ1) is 16.4. The van der Waals surface area contributed by atoms with Gasteiger partial charge in [0.2, 0.25) is 5.91 Å². The maximum Gasteiger partial charge on any atom is 0.239 e. The van der Waals surface area contributed by atoms with E-state index >= 15 is 0 Å². The summed E-state index contributed by atoms with van der Waals surface area (Å²) < 4.78 is 0.267. The van der Waals surface area contributed by atoms with Crippen molar-refractivity contribution < 1.29 is 4.79 Å². The number of nitrogens with two attached hydrogens (primary N) is 1. The molecule has 1 aromatic carbocycles. The predicted molar refractivity (Wildman–Crippen MR) is 90.5 cm³/mol. The lowest BCUT2D eigenvalue weighted by Gasteiger charge is -2.25. The van der Waals surface area contributed by atoms with Crippen LogP contribution >= 0.6 is 11.8 Å². The van der Waals surface area contributed by atoms with E-state index in [0.29, 0.717) is 0 Å². The van der Waals surface area contributed by atoms with Crippen molar-refractivity contribution >= 4 is 17.7 Å². The van der Waals surface area contributed by atoms with Gasteiger partial charge in [0.05, 0.1) is 6.04 Å². The summed E-state index contributed by atoms with van der Waals surface area (Å²) in [6, 6.07) is 9.85. The second-order valence-electron chi connectivity index (χ2n) is 6.31. The molecule has 1 aliphatic rings. The Morgan fingerprint density at radius 3 is 2.76 bits per heavy atom. The van der Waals surface area contributed by atoms with E-state index < -0.39 is 0 Å². The van der Waals surface area contributed by atoms with Crippen molar-refractivity contribution in [3.8, 4) is 0 Å². The van der Waals surface area contributed by atoms with Crippen molar-refractivity contribution in [2.45, 2.75) is 43.9 Å². The standard InChI is InChI=1S/C17H26N2OS/c1-17(2)10-11-19(12-13-21-17)16(20)15(18)9-8-14-6-4-3-5-7-14/h3-7,15H,8-13,18H2,1-2H3/t15-/m0/s1. The highest BCUT2D eigenvalue weighted by atomic mass is 32.2. The van der Waals surface area contributed by atoms with Gasteiger partial charge >= 0.3 is 0 Å². The molecule has 0 aliphatic carbocycles. The molecule has 1 aliphatic heterocycles. The minimum absolute atomic E-state index is 0.115. The minimum atomic E-state index is -0.378. The van der Waals surface area contributed by atoms with Gasteiger partial charge in [0.15, 0.2) is 0 Å². The lowest BCUT2D eigenvalue weighted by Crippen LogP contribution is -2.45. The molecule has 1 heterocycles. The van der Waals surface area contributed by atoms with Gasteiger partial charge in [0, 0.05) is 23.6 Å². The zero-order chi connectivity index (χ0) is 15.3. The molecule has 0 unspecified atom stereocenters. The van der Waals surface area contributed by atoms with Gasteiger partial charge in [-0.1, -0.05) is 44.2 Å². The zero-order valence-corrected chi connectivity index (χ0v) is 13.9. The maximum absolute atomic E-state index is 12.5. The number of hydrogen-bond acceptors (Lipinski definition) is 3. The van der Waals surface area contributed by atoms with Crippen molar-refractivity contribution in [1.82, 2.24) is 4.90 Å². The van der Waals surface area contributed by atoms with E-state index in [2.05, 4.69) is 26.0 Å². The van der Waals surface area contributed by atoms with Gasteiger partial charge in [-0.25, -0.2) is 0 Å². The van der Waals surface area contributed by atoms with Crippen LogP contribution in [-0.4, -0.2) is 40.4 Å². The number of hydrogen-bond donors (Lipinski definition) is 1. The van der Waals surface area contributed by atoms with Crippen LogP contribution in [-0.2, 0) is 11.2 Å². The third-order valence-electron chi connectivity index (χ3n) is 4.05. The molecule has 0 bridgehead atoms. The molecule has 2 rings (SSSR count). The highest BCUT2D eigenvalue weighted by molar-refractivity contribution is 8.00. The largest absolute Gasteiger partial charge is 0.340 e. The minimum Gasteiger partial charge on any atom is -0.340 e. The summed E-state index contributed by atoms with van der Waals surface area (Å²) in [5.41, 5.74) is 7.36. The van der Waals surface area contributed by atoms with Gasteiger partial charge < -0.3 is 10.6 Å². The van der Waals surface area contributed by atoms with Crippen LogP contribution in [0.4, 0.5) is 0 Å². The first-order valence-corrected chi connectivity index (χ1v) is 8.69. The van der Waals surface area contributed by atoms with E-state index in [0.717, 1.165) is 38.1 Å². The molecule has 0 spiro atoms. The Hall–Kier alpha value is -1.00. The van der Waals surface area contributed by atoms with Crippen LogP contribution in [0.1, 0.15) is 32.3 Å². The zero-order valence-electron chi connectivity index (χ0n) is 13.0. The van der Waals surface area contributed by atoms with Gasteiger partial charge in [-0.2, -0.15) is 11.8 Å². The number of thioether (sulfide) groups is 1. The number of nitrogens with zero attached hydrogens (tertiary/aromatic N) is 1. The SMILES string of the molecule is CC1(C)CCN(C(=O)[C@@H](N)CCc2ccccc2)CCS1. The smallest absolute Gasteiger partial charge is 0.239 e. The normalized spacial score (nSPS) is 19.9. The second kappa shape index (κ2) is 7.32. The number of carbonyl (C=O) groups is 1. The summed E-state index contributed by atoms with van der Waals surface area (Å²) in [5.74, 6) is 1.12. The fourth-order valence-electron chi connectivity index (χ4n) is 2.57. The summed E-state index contributed by atoms with van der Waals surface area (Å²) in [6.45, 7) is 6.16. The molecule has 116 valence electrons. The molecule has 0 saturated carbocycles. The quantitative estimate of drug-likeness (QED) is 0.930. The molecule has 1 amide bonds. The first-order chi connectivity index (χ1) is 9.98. The van der Waals surface area contributed by atoms with E-state index in [1.54, 1.807) is 0 Å². The Balaban J connectivity index is 1.84. The Labute approximate surface area is 132 Å². The van der Waals surface area contributed by atoms with Crippen LogP contribution in [0.25, 0.3) is 0 Å². The van der Waals surface area contributed by atoms with Gasteiger partial charge in [-0.05, 0) is 24.8 Å². The number of carbonyl (C=O) groups excluding carboxylic acids is 1. The van der Waals surface area contributed by atoms with Crippen molar-refractivity contribution in [1.29, 1.82) is 0 Å². The molecule has 1 fully saturated rings. The third-order valence-corrected chi connectivity index (χ3v) is 5.43. The van der Waals surface area contributed by atoms with E-state index in [9.17, 15) is 4.79 Å². The van der Waals surface area contributed by atoms with Crippen molar-refractivity contribution in [3.63, 3.8) is 0 Å². The Morgan fingerprint density at radius 2 is 2.05 bits per heavy atom. The van der Waals surface area contributed by atoms with E-state index in [1.165, 1.54) is 5.56 Å². The number of amides is 1. The average Bonchev–Trinajstić information content (AvgIpc) is 2.66. The van der Waals surface area contributed by atoms with Gasteiger partial charge in [0.1, 0.15) is 0 Å². The number of benzene rings is 1. The molecule has 0 radical (unpaired) electrons. The predicted octanol–water partition coefficient (Wildman–Crippen LogP) is 2.69. The molecule has 1 saturated heterocycles. The Morgan fingerprint density at radius 1 is 1.33 bits per heavy atom. The molecular formula is C17H26N2OS. The molecule has 3 nitrogen and oxygen atoms in total. The van der Waals surface area contributed by atoms with Crippen molar-refractivity contribution in [2.24, 2.45) is 5.73 Å². The van der Waals surface area contributed by atoms with E-state index in [4.69, 9.17) is 5.73 Å². The molecular weight excluding hydrogens is 280 g/mol. The fraction of sp³-hybridized carbons (Fsp3) is 0.588. The Kier molecular flexibility index (Phi) is 5.71. The molecule has 21 heavy (non-hydrogen) atoms. The molecule has 1 atom stereocenters. The summed E-state index contributed by atoms with van der Waals surface area (Å²) in [6.07, 6.45) is 2.62. The van der Waals surface area contributed by atoms with E-state index in [-0.39, 0.29) is 16.7 Å². The number of aryl methyl sites for hydroxylation is 1. The molecule has 4 heteroatoms. The monoisotopic (exact) mass is 306 g/mol. The van der Waals surface area contributed by atoms with Crippen LogP contribution in [0.2, 0.25) is 0 Å². The second-order valence-corrected chi connectivity index (χ2v) is 8.12. The fourth-order valence-corrected chi connectivity index (χ4v) is 3.67. The molecule has 0 aromatic heterocycles. The van der Waals surface area contributed by atoms with Crippen molar-refractivity contribution in [2.75, 3.05) is 18.8 Å². The topological polar surface area (TPSA) is 46.3 Å². The van der Waals surface area contributed by atoms with Crippen LogP contribution in [0.3, 0.4) is 0 Å². The number of rotatable bonds is 4. The van der Waals surface area contributed by atoms with Crippen molar-refractivity contribution in [3.05, 3.63) is 35.9 Å². The van der Waals surface area contributed by atoms with E-state index in [1.807, 2.05) is 34.9 Å².